The van der Waals surface area contributed by atoms with Gasteiger partial charge in [0.05, 0.1) is 23.6 Å². The zero-order chi connectivity index (χ0) is 18.7. The quantitative estimate of drug-likeness (QED) is 0.754. The summed E-state index contributed by atoms with van der Waals surface area (Å²) in [5, 5.41) is 3.78. The average Bonchev–Trinajstić information content (AvgIpc) is 2.67. The van der Waals surface area contributed by atoms with Crippen LogP contribution in [0.25, 0.3) is 0 Å². The van der Waals surface area contributed by atoms with Crippen molar-refractivity contribution in [1.82, 2.24) is 9.62 Å². The van der Waals surface area contributed by atoms with Crippen LogP contribution in [0.15, 0.2) is 53.4 Å². The third kappa shape index (κ3) is 4.62. The standard InChI is InChI=1S/C18H19ClN2O4S.ClH/c1-25-18(22)14-5-3-7-16(11-14)26(23,24)21-9-8-20-12-17(21)13-4-2-6-15(19)10-13;/h2-7,10-11,17,20H,8-9,12H2,1H3;1H. The van der Waals surface area contributed by atoms with E-state index in [9.17, 15) is 13.2 Å². The molecule has 0 saturated carbocycles. The maximum absolute atomic E-state index is 13.2. The van der Waals surface area contributed by atoms with E-state index in [1.54, 1.807) is 18.2 Å². The maximum atomic E-state index is 13.2. The zero-order valence-corrected chi connectivity index (χ0v) is 17.0. The molecule has 1 saturated heterocycles. The number of nitrogens with zero attached hydrogens (tertiary/aromatic N) is 1. The fourth-order valence-electron chi connectivity index (χ4n) is 3.01. The Hall–Kier alpha value is -1.64. The summed E-state index contributed by atoms with van der Waals surface area (Å²) in [5.74, 6) is -0.575. The van der Waals surface area contributed by atoms with Gasteiger partial charge in [0.15, 0.2) is 0 Å². The van der Waals surface area contributed by atoms with Gasteiger partial charge in [-0.2, -0.15) is 4.31 Å². The lowest BCUT2D eigenvalue weighted by Crippen LogP contribution is -2.48. The first-order chi connectivity index (χ1) is 12.4. The number of benzene rings is 2. The first-order valence-corrected chi connectivity index (χ1v) is 9.91. The summed E-state index contributed by atoms with van der Waals surface area (Å²) in [4.78, 5) is 11.8. The third-order valence-electron chi connectivity index (χ3n) is 4.29. The highest BCUT2D eigenvalue weighted by atomic mass is 35.5. The number of halogens is 2. The maximum Gasteiger partial charge on any atom is 0.337 e. The molecule has 0 aromatic heterocycles. The Morgan fingerprint density at radius 3 is 2.67 bits per heavy atom. The summed E-state index contributed by atoms with van der Waals surface area (Å²) in [7, 11) is -2.54. The topological polar surface area (TPSA) is 75.7 Å². The van der Waals surface area contributed by atoms with Crippen molar-refractivity contribution in [3.63, 3.8) is 0 Å². The van der Waals surface area contributed by atoms with Crippen LogP contribution < -0.4 is 5.32 Å². The van der Waals surface area contributed by atoms with Crippen LogP contribution in [0, 0.1) is 0 Å². The van der Waals surface area contributed by atoms with Crippen molar-refractivity contribution < 1.29 is 17.9 Å². The van der Waals surface area contributed by atoms with Crippen LogP contribution in [0.5, 0.6) is 0 Å². The normalized spacial score (nSPS) is 17.8. The highest BCUT2D eigenvalue weighted by molar-refractivity contribution is 7.89. The summed E-state index contributed by atoms with van der Waals surface area (Å²) in [6.07, 6.45) is 0. The smallest absolute Gasteiger partial charge is 0.337 e. The molecule has 0 radical (unpaired) electrons. The molecule has 1 N–H and O–H groups in total. The molecular formula is C18H20Cl2N2O4S. The zero-order valence-electron chi connectivity index (χ0n) is 14.6. The second-order valence-corrected chi connectivity index (χ2v) is 8.24. The molecule has 27 heavy (non-hydrogen) atoms. The molecule has 9 heteroatoms. The van der Waals surface area contributed by atoms with Crippen LogP contribution >= 0.6 is 24.0 Å². The highest BCUT2D eigenvalue weighted by Crippen LogP contribution is 2.30. The lowest BCUT2D eigenvalue weighted by atomic mass is 10.1. The number of rotatable bonds is 4. The lowest BCUT2D eigenvalue weighted by molar-refractivity contribution is 0.0600. The van der Waals surface area contributed by atoms with E-state index in [1.807, 2.05) is 6.07 Å². The van der Waals surface area contributed by atoms with Gasteiger partial charge in [-0.3, -0.25) is 0 Å². The van der Waals surface area contributed by atoms with E-state index in [1.165, 1.54) is 35.7 Å². The largest absolute Gasteiger partial charge is 0.465 e. The SMILES string of the molecule is COC(=O)c1cccc(S(=O)(=O)N2CCNCC2c2cccc(Cl)c2)c1.Cl. The number of methoxy groups -OCH3 is 1. The number of sulfonamides is 1. The number of esters is 1. The van der Waals surface area contributed by atoms with Crippen LogP contribution in [0.3, 0.4) is 0 Å². The van der Waals surface area contributed by atoms with E-state index in [0.717, 1.165) is 5.56 Å². The second-order valence-electron chi connectivity index (χ2n) is 5.91. The number of hydrogen-bond donors (Lipinski definition) is 1. The molecule has 1 fully saturated rings. The van der Waals surface area contributed by atoms with Crippen LogP contribution in [0.1, 0.15) is 22.0 Å². The van der Waals surface area contributed by atoms with E-state index < -0.39 is 16.0 Å². The van der Waals surface area contributed by atoms with E-state index in [-0.39, 0.29) is 28.9 Å². The van der Waals surface area contributed by atoms with Gasteiger partial charge in [-0.05, 0) is 35.9 Å². The Bertz CT molecular complexity index is 921. The number of carbonyl (C=O) groups is 1. The molecule has 0 aliphatic carbocycles. The third-order valence-corrected chi connectivity index (χ3v) is 6.43. The van der Waals surface area contributed by atoms with E-state index in [0.29, 0.717) is 24.7 Å². The Morgan fingerprint density at radius 1 is 1.22 bits per heavy atom. The molecule has 1 heterocycles. The summed E-state index contributed by atoms with van der Waals surface area (Å²) >= 11 is 6.07. The monoisotopic (exact) mass is 430 g/mol. The van der Waals surface area contributed by atoms with Crippen LogP contribution in [-0.2, 0) is 14.8 Å². The number of piperazine rings is 1. The summed E-state index contributed by atoms with van der Waals surface area (Å²) in [6, 6.07) is 12.7. The predicted octanol–water partition coefficient (Wildman–Crippen LogP) is 2.88. The van der Waals surface area contributed by atoms with Gasteiger partial charge in [0, 0.05) is 24.7 Å². The van der Waals surface area contributed by atoms with Crippen LogP contribution in [0.2, 0.25) is 5.02 Å². The first-order valence-electron chi connectivity index (χ1n) is 8.10. The molecule has 6 nitrogen and oxygen atoms in total. The molecular weight excluding hydrogens is 411 g/mol. The highest BCUT2D eigenvalue weighted by Gasteiger charge is 2.34. The first kappa shape index (κ1) is 21.7. The molecule has 1 atom stereocenters. The second kappa shape index (κ2) is 9.03. The summed E-state index contributed by atoms with van der Waals surface area (Å²) < 4.78 is 32.6. The van der Waals surface area contributed by atoms with Crippen molar-refractivity contribution in [3.8, 4) is 0 Å². The Labute approximate surface area is 169 Å². The van der Waals surface area contributed by atoms with Gasteiger partial charge in [0.25, 0.3) is 0 Å². The average molecular weight is 431 g/mol. The Balaban J connectivity index is 0.00000261. The van der Waals surface area contributed by atoms with Gasteiger partial charge >= 0.3 is 5.97 Å². The fourth-order valence-corrected chi connectivity index (χ4v) is 4.87. The minimum absolute atomic E-state index is 0. The molecule has 1 unspecified atom stereocenters. The van der Waals surface area contributed by atoms with Crippen LogP contribution in [-0.4, -0.2) is 45.4 Å². The van der Waals surface area contributed by atoms with Crippen molar-refractivity contribution in [2.24, 2.45) is 0 Å². The van der Waals surface area contributed by atoms with Crippen molar-refractivity contribution in [3.05, 3.63) is 64.7 Å². The minimum Gasteiger partial charge on any atom is -0.465 e. The Morgan fingerprint density at radius 2 is 1.96 bits per heavy atom. The van der Waals surface area contributed by atoms with Gasteiger partial charge in [0.1, 0.15) is 0 Å². The molecule has 0 bridgehead atoms. The predicted molar refractivity (Wildman–Crippen MR) is 106 cm³/mol. The molecule has 1 aliphatic rings. The molecule has 0 spiro atoms. The molecule has 0 amide bonds. The molecule has 2 aromatic rings. The number of ether oxygens (including phenoxy) is 1. The van der Waals surface area contributed by atoms with Gasteiger partial charge in [-0.1, -0.05) is 29.8 Å². The van der Waals surface area contributed by atoms with Crippen molar-refractivity contribution in [2.75, 3.05) is 26.7 Å². The molecule has 3 rings (SSSR count). The van der Waals surface area contributed by atoms with E-state index >= 15 is 0 Å². The Kier molecular flexibility index (Phi) is 7.25. The van der Waals surface area contributed by atoms with Gasteiger partial charge in [0.2, 0.25) is 10.0 Å². The number of hydrogen-bond acceptors (Lipinski definition) is 5. The van der Waals surface area contributed by atoms with E-state index in [2.05, 4.69) is 10.1 Å². The minimum atomic E-state index is -3.79. The van der Waals surface area contributed by atoms with Gasteiger partial charge in [-0.15, -0.1) is 12.4 Å². The lowest BCUT2D eigenvalue weighted by Gasteiger charge is -2.35. The summed E-state index contributed by atoms with van der Waals surface area (Å²) in [6.45, 7) is 1.35. The van der Waals surface area contributed by atoms with Crippen molar-refractivity contribution >= 4 is 40.0 Å². The van der Waals surface area contributed by atoms with Gasteiger partial charge in [-0.25, -0.2) is 13.2 Å². The van der Waals surface area contributed by atoms with Gasteiger partial charge < -0.3 is 10.1 Å². The number of nitrogens with one attached hydrogen (secondary N) is 1. The number of carbonyl (C=O) groups excluding carboxylic acids is 1. The molecule has 1 aliphatic heterocycles. The van der Waals surface area contributed by atoms with E-state index in [4.69, 9.17) is 11.6 Å². The summed E-state index contributed by atoms with van der Waals surface area (Å²) in [5.41, 5.74) is 1.01. The van der Waals surface area contributed by atoms with Crippen LogP contribution in [0.4, 0.5) is 0 Å². The van der Waals surface area contributed by atoms with Crippen molar-refractivity contribution in [2.45, 2.75) is 10.9 Å². The molecule has 2 aromatic carbocycles. The molecule has 146 valence electrons. The van der Waals surface area contributed by atoms with Crippen molar-refractivity contribution in [1.29, 1.82) is 0 Å². The fraction of sp³-hybridized carbons (Fsp3) is 0.278.